The maximum Gasteiger partial charge on any atom is 0.226 e. The molecule has 0 aromatic rings. The second kappa shape index (κ2) is 5.30. The fourth-order valence-corrected chi connectivity index (χ4v) is 2.03. The Labute approximate surface area is 96.1 Å². The van der Waals surface area contributed by atoms with Gasteiger partial charge in [-0.2, -0.15) is 0 Å². The zero-order valence-corrected chi connectivity index (χ0v) is 9.98. The van der Waals surface area contributed by atoms with Gasteiger partial charge in [-0.05, 0) is 19.8 Å². The largest absolute Gasteiger partial charge is 0.369 e. The van der Waals surface area contributed by atoms with Gasteiger partial charge in [-0.3, -0.25) is 9.59 Å². The third-order valence-electron chi connectivity index (χ3n) is 3.34. The first-order chi connectivity index (χ1) is 7.47. The van der Waals surface area contributed by atoms with Crippen LogP contribution in [-0.4, -0.2) is 35.8 Å². The topological polar surface area (TPSA) is 89.4 Å². The van der Waals surface area contributed by atoms with Crippen LogP contribution in [0, 0.1) is 11.8 Å². The zero-order valence-electron chi connectivity index (χ0n) is 9.98. The number of likely N-dealkylation sites (tertiary alicyclic amines) is 1. The molecule has 16 heavy (non-hydrogen) atoms. The lowest BCUT2D eigenvalue weighted by Crippen LogP contribution is -2.51. The Morgan fingerprint density at radius 1 is 1.44 bits per heavy atom. The molecular formula is C11H21N3O2. The zero-order chi connectivity index (χ0) is 12.3. The van der Waals surface area contributed by atoms with E-state index in [1.54, 1.807) is 4.90 Å². The number of amides is 2. The van der Waals surface area contributed by atoms with E-state index in [1.807, 2.05) is 13.8 Å². The Hall–Kier alpha value is -1.10. The van der Waals surface area contributed by atoms with Crippen LogP contribution in [0.4, 0.5) is 0 Å². The van der Waals surface area contributed by atoms with Crippen LogP contribution in [0.15, 0.2) is 0 Å². The van der Waals surface area contributed by atoms with Gasteiger partial charge >= 0.3 is 0 Å². The number of piperidine rings is 1. The Kier molecular flexibility index (Phi) is 4.29. The molecule has 2 amide bonds. The van der Waals surface area contributed by atoms with Crippen LogP contribution in [0.3, 0.4) is 0 Å². The molecule has 1 aliphatic rings. The van der Waals surface area contributed by atoms with Crippen molar-refractivity contribution in [3.8, 4) is 0 Å². The van der Waals surface area contributed by atoms with E-state index in [9.17, 15) is 9.59 Å². The molecule has 0 aliphatic carbocycles. The molecule has 0 aromatic heterocycles. The molecule has 1 heterocycles. The van der Waals surface area contributed by atoms with Crippen molar-refractivity contribution in [3.05, 3.63) is 0 Å². The molecule has 0 spiro atoms. The van der Waals surface area contributed by atoms with Crippen molar-refractivity contribution in [3.63, 3.8) is 0 Å². The summed E-state index contributed by atoms with van der Waals surface area (Å²) in [5.74, 6) is -0.676. The molecule has 0 radical (unpaired) electrons. The van der Waals surface area contributed by atoms with Crippen LogP contribution in [0.2, 0.25) is 0 Å². The molecule has 3 unspecified atom stereocenters. The van der Waals surface area contributed by atoms with E-state index in [1.165, 1.54) is 0 Å². The van der Waals surface area contributed by atoms with Gasteiger partial charge in [-0.1, -0.05) is 6.92 Å². The minimum Gasteiger partial charge on any atom is -0.369 e. The molecule has 1 rings (SSSR count). The summed E-state index contributed by atoms with van der Waals surface area (Å²) < 4.78 is 0. The minimum absolute atomic E-state index is 0.0287. The minimum atomic E-state index is -0.315. The Bertz CT molecular complexity index is 280. The highest BCUT2D eigenvalue weighted by molar-refractivity contribution is 5.81. The maximum atomic E-state index is 12.0. The molecule has 92 valence electrons. The monoisotopic (exact) mass is 227 g/mol. The summed E-state index contributed by atoms with van der Waals surface area (Å²) in [5.41, 5.74) is 10.8. The van der Waals surface area contributed by atoms with Crippen LogP contribution >= 0.6 is 0 Å². The van der Waals surface area contributed by atoms with E-state index in [2.05, 4.69) is 0 Å². The number of hydrogen-bond donors (Lipinski definition) is 2. The van der Waals surface area contributed by atoms with Crippen molar-refractivity contribution >= 4 is 11.8 Å². The summed E-state index contributed by atoms with van der Waals surface area (Å²) >= 11 is 0. The average molecular weight is 227 g/mol. The lowest BCUT2D eigenvalue weighted by Gasteiger charge is -2.38. The predicted molar refractivity (Wildman–Crippen MR) is 61.3 cm³/mol. The van der Waals surface area contributed by atoms with Crippen molar-refractivity contribution in [1.29, 1.82) is 0 Å². The van der Waals surface area contributed by atoms with Gasteiger partial charge in [0.1, 0.15) is 0 Å². The Morgan fingerprint density at radius 3 is 2.56 bits per heavy atom. The highest BCUT2D eigenvalue weighted by atomic mass is 16.2. The van der Waals surface area contributed by atoms with Gasteiger partial charge in [0.2, 0.25) is 11.8 Å². The van der Waals surface area contributed by atoms with Gasteiger partial charge in [-0.25, -0.2) is 0 Å². The standard InChI is InChI=1S/C11H21N3O2/c1-7(5-12)11(16)14-6-9(10(13)15)4-3-8(14)2/h7-9H,3-6,12H2,1-2H3,(H2,13,15). The fraction of sp³-hybridized carbons (Fsp3) is 0.818. The smallest absolute Gasteiger partial charge is 0.226 e. The van der Waals surface area contributed by atoms with Crippen LogP contribution in [-0.2, 0) is 9.59 Å². The van der Waals surface area contributed by atoms with Gasteiger partial charge in [0, 0.05) is 25.0 Å². The van der Waals surface area contributed by atoms with Crippen molar-refractivity contribution in [1.82, 2.24) is 4.90 Å². The van der Waals surface area contributed by atoms with Crippen LogP contribution in [0.1, 0.15) is 26.7 Å². The van der Waals surface area contributed by atoms with Crippen molar-refractivity contribution in [2.24, 2.45) is 23.3 Å². The summed E-state index contributed by atoms with van der Waals surface area (Å²) in [5, 5.41) is 0. The molecule has 5 nitrogen and oxygen atoms in total. The number of rotatable bonds is 3. The van der Waals surface area contributed by atoms with Crippen LogP contribution in [0.5, 0.6) is 0 Å². The molecule has 1 aliphatic heterocycles. The highest BCUT2D eigenvalue weighted by Crippen LogP contribution is 2.23. The van der Waals surface area contributed by atoms with E-state index < -0.39 is 0 Å². The summed E-state index contributed by atoms with van der Waals surface area (Å²) in [4.78, 5) is 24.9. The van der Waals surface area contributed by atoms with Crippen molar-refractivity contribution < 1.29 is 9.59 Å². The summed E-state index contributed by atoms with van der Waals surface area (Å²) in [6.45, 7) is 4.59. The number of carbonyl (C=O) groups excluding carboxylic acids is 2. The first-order valence-corrected chi connectivity index (χ1v) is 5.77. The van der Waals surface area contributed by atoms with Crippen molar-refractivity contribution in [2.75, 3.05) is 13.1 Å². The molecule has 0 saturated carbocycles. The van der Waals surface area contributed by atoms with E-state index in [0.29, 0.717) is 13.1 Å². The second-order valence-corrected chi connectivity index (χ2v) is 4.65. The van der Waals surface area contributed by atoms with Gasteiger partial charge in [0.25, 0.3) is 0 Å². The molecule has 0 aromatic carbocycles. The van der Waals surface area contributed by atoms with Gasteiger partial charge < -0.3 is 16.4 Å². The molecule has 3 atom stereocenters. The van der Waals surface area contributed by atoms with Gasteiger partial charge in [0.05, 0.1) is 5.92 Å². The first-order valence-electron chi connectivity index (χ1n) is 5.77. The molecule has 1 saturated heterocycles. The van der Waals surface area contributed by atoms with Gasteiger partial charge in [-0.15, -0.1) is 0 Å². The maximum absolute atomic E-state index is 12.0. The van der Waals surface area contributed by atoms with Crippen molar-refractivity contribution in [2.45, 2.75) is 32.7 Å². The fourth-order valence-electron chi connectivity index (χ4n) is 2.03. The predicted octanol–water partition coefficient (Wildman–Crippen LogP) is -0.306. The first kappa shape index (κ1) is 13.0. The number of carbonyl (C=O) groups is 2. The van der Waals surface area contributed by atoms with E-state index in [0.717, 1.165) is 12.8 Å². The number of hydrogen-bond acceptors (Lipinski definition) is 3. The third kappa shape index (κ3) is 2.72. The van der Waals surface area contributed by atoms with Crippen LogP contribution < -0.4 is 11.5 Å². The number of nitrogens with two attached hydrogens (primary N) is 2. The van der Waals surface area contributed by atoms with E-state index in [-0.39, 0.29) is 29.7 Å². The van der Waals surface area contributed by atoms with Gasteiger partial charge in [0.15, 0.2) is 0 Å². The Balaban J connectivity index is 2.69. The SMILES string of the molecule is CC(CN)C(=O)N1CC(C(N)=O)CCC1C. The summed E-state index contributed by atoms with van der Waals surface area (Å²) in [6.07, 6.45) is 1.61. The number of nitrogens with zero attached hydrogens (tertiary/aromatic N) is 1. The highest BCUT2D eigenvalue weighted by Gasteiger charge is 2.32. The molecule has 4 N–H and O–H groups in total. The second-order valence-electron chi connectivity index (χ2n) is 4.65. The summed E-state index contributed by atoms with van der Waals surface area (Å²) in [7, 11) is 0. The third-order valence-corrected chi connectivity index (χ3v) is 3.34. The average Bonchev–Trinajstić information content (AvgIpc) is 2.27. The Morgan fingerprint density at radius 2 is 2.06 bits per heavy atom. The lowest BCUT2D eigenvalue weighted by atomic mass is 9.92. The normalized spacial score (nSPS) is 27.6. The molecular weight excluding hydrogens is 206 g/mol. The summed E-state index contributed by atoms with van der Waals surface area (Å²) in [6, 6.07) is 0.178. The molecule has 0 bridgehead atoms. The van der Waals surface area contributed by atoms with E-state index >= 15 is 0 Å². The number of primary amides is 1. The quantitative estimate of drug-likeness (QED) is 0.693. The molecule has 1 fully saturated rings. The van der Waals surface area contributed by atoms with Crippen LogP contribution in [0.25, 0.3) is 0 Å². The molecule has 5 heteroatoms. The lowest BCUT2D eigenvalue weighted by molar-refractivity contribution is -0.140. The van der Waals surface area contributed by atoms with E-state index in [4.69, 9.17) is 11.5 Å².